The van der Waals surface area contributed by atoms with Crippen LogP contribution in [-0.4, -0.2) is 26.7 Å². The Balaban J connectivity index is 3.21. The molecule has 0 aliphatic carbocycles. The van der Waals surface area contributed by atoms with Crippen LogP contribution in [0.1, 0.15) is 5.56 Å². The van der Waals surface area contributed by atoms with Gasteiger partial charge in [-0.25, -0.2) is 13.1 Å². The Bertz CT molecular complexity index is 530. The zero-order valence-corrected chi connectivity index (χ0v) is 11.2. The van der Waals surface area contributed by atoms with Crippen molar-refractivity contribution in [1.29, 1.82) is 0 Å². The zero-order valence-electron chi connectivity index (χ0n) is 8.83. The summed E-state index contributed by atoms with van der Waals surface area (Å²) in [5, 5.41) is 8.49. The van der Waals surface area contributed by atoms with Crippen LogP contribution >= 0.6 is 15.9 Å². The quantitative estimate of drug-likeness (QED) is 0.871. The second kappa shape index (κ2) is 5.55. The van der Waals surface area contributed by atoms with Crippen molar-refractivity contribution in [2.75, 3.05) is 13.2 Å². The molecule has 0 unspecified atom stereocenters. The second-order valence-corrected chi connectivity index (χ2v) is 5.88. The third-order valence-corrected chi connectivity index (χ3v) is 4.11. The minimum Gasteiger partial charge on any atom is -0.395 e. The summed E-state index contributed by atoms with van der Waals surface area (Å²) in [4.78, 5) is -0.508. The molecule has 1 aromatic carbocycles. The molecule has 0 fully saturated rings. The van der Waals surface area contributed by atoms with E-state index in [0.717, 1.165) is 12.1 Å². The van der Waals surface area contributed by atoms with Crippen LogP contribution < -0.4 is 4.72 Å². The summed E-state index contributed by atoms with van der Waals surface area (Å²) in [6.07, 6.45) is -4.65. The molecule has 4 nitrogen and oxygen atoms in total. The van der Waals surface area contributed by atoms with Crippen LogP contribution in [0.15, 0.2) is 27.6 Å². The van der Waals surface area contributed by atoms with Gasteiger partial charge in [0.1, 0.15) is 0 Å². The van der Waals surface area contributed by atoms with E-state index in [-0.39, 0.29) is 11.0 Å². The molecule has 1 rings (SSSR count). The molecule has 2 N–H and O–H groups in total. The molecule has 0 aliphatic rings. The van der Waals surface area contributed by atoms with E-state index >= 15 is 0 Å². The molecule has 0 saturated carbocycles. The van der Waals surface area contributed by atoms with Gasteiger partial charge in [0.05, 0.1) is 17.1 Å². The fourth-order valence-electron chi connectivity index (χ4n) is 1.15. The number of benzene rings is 1. The fraction of sp³-hybridized carbons (Fsp3) is 0.333. The van der Waals surface area contributed by atoms with Crippen molar-refractivity contribution in [3.63, 3.8) is 0 Å². The van der Waals surface area contributed by atoms with E-state index in [2.05, 4.69) is 15.9 Å². The molecule has 0 aromatic heterocycles. The Kier molecular flexibility index (Phi) is 4.76. The van der Waals surface area contributed by atoms with Crippen LogP contribution in [0.4, 0.5) is 13.2 Å². The Morgan fingerprint density at radius 2 is 1.94 bits per heavy atom. The average Bonchev–Trinajstić information content (AvgIpc) is 2.25. The number of aliphatic hydroxyl groups is 1. The van der Waals surface area contributed by atoms with Crippen molar-refractivity contribution < 1.29 is 26.7 Å². The Morgan fingerprint density at radius 3 is 2.44 bits per heavy atom. The van der Waals surface area contributed by atoms with Gasteiger partial charge in [-0.1, -0.05) is 15.9 Å². The SMILES string of the molecule is O=S(=O)(NCCO)c1ccc(Br)c(C(F)(F)F)c1. The molecule has 1 aromatic rings. The van der Waals surface area contributed by atoms with Gasteiger partial charge in [-0.15, -0.1) is 0 Å². The molecule has 0 spiro atoms. The zero-order chi connectivity index (χ0) is 14.0. The van der Waals surface area contributed by atoms with Gasteiger partial charge in [0.15, 0.2) is 0 Å². The third kappa shape index (κ3) is 3.67. The van der Waals surface area contributed by atoms with Crippen molar-refractivity contribution in [2.24, 2.45) is 0 Å². The standard InChI is InChI=1S/C9H9BrF3NO3S/c10-8-2-1-6(5-7(8)9(11,12)13)18(16,17)14-3-4-15/h1-2,5,14-15H,3-4H2. The fourth-order valence-corrected chi connectivity index (χ4v) is 2.67. The predicted molar refractivity (Wildman–Crippen MR) is 61.4 cm³/mol. The van der Waals surface area contributed by atoms with Crippen LogP contribution in [-0.2, 0) is 16.2 Å². The van der Waals surface area contributed by atoms with Crippen LogP contribution in [0.2, 0.25) is 0 Å². The number of rotatable bonds is 4. The van der Waals surface area contributed by atoms with E-state index in [9.17, 15) is 21.6 Å². The first-order chi connectivity index (χ1) is 8.18. The van der Waals surface area contributed by atoms with Gasteiger partial charge < -0.3 is 5.11 Å². The van der Waals surface area contributed by atoms with E-state index in [1.807, 2.05) is 4.72 Å². The lowest BCUT2D eigenvalue weighted by atomic mass is 10.2. The highest BCUT2D eigenvalue weighted by atomic mass is 79.9. The lowest BCUT2D eigenvalue weighted by Gasteiger charge is -2.11. The maximum absolute atomic E-state index is 12.6. The molecular formula is C9H9BrF3NO3S. The second-order valence-electron chi connectivity index (χ2n) is 3.26. The monoisotopic (exact) mass is 347 g/mol. The van der Waals surface area contributed by atoms with Gasteiger partial charge in [-0.2, -0.15) is 13.2 Å². The summed E-state index contributed by atoms with van der Waals surface area (Å²) in [6, 6.07) is 2.58. The summed E-state index contributed by atoms with van der Waals surface area (Å²) < 4.78 is 62.6. The maximum Gasteiger partial charge on any atom is 0.417 e. The van der Waals surface area contributed by atoms with Gasteiger partial charge in [-0.05, 0) is 18.2 Å². The molecule has 0 amide bonds. The molecule has 0 radical (unpaired) electrons. The summed E-state index contributed by atoms with van der Waals surface area (Å²) in [6.45, 7) is -0.707. The Morgan fingerprint density at radius 1 is 1.33 bits per heavy atom. The van der Waals surface area contributed by atoms with Gasteiger partial charge in [0.2, 0.25) is 10.0 Å². The lowest BCUT2D eigenvalue weighted by molar-refractivity contribution is -0.138. The first kappa shape index (κ1) is 15.4. The molecule has 0 aliphatic heterocycles. The van der Waals surface area contributed by atoms with Crippen LogP contribution in [0.3, 0.4) is 0 Å². The van der Waals surface area contributed by atoms with E-state index in [1.165, 1.54) is 0 Å². The number of hydrogen-bond donors (Lipinski definition) is 2. The Hall–Kier alpha value is -0.640. The highest BCUT2D eigenvalue weighted by Gasteiger charge is 2.34. The normalized spacial score (nSPS) is 12.7. The van der Waals surface area contributed by atoms with Crippen LogP contribution in [0, 0.1) is 0 Å². The van der Waals surface area contributed by atoms with E-state index in [0.29, 0.717) is 6.07 Å². The number of alkyl halides is 3. The molecule has 0 heterocycles. The molecule has 18 heavy (non-hydrogen) atoms. The van der Waals surface area contributed by atoms with Crippen molar-refractivity contribution in [3.05, 3.63) is 28.2 Å². The highest BCUT2D eigenvalue weighted by Crippen LogP contribution is 2.35. The lowest BCUT2D eigenvalue weighted by Crippen LogP contribution is -2.27. The number of hydrogen-bond acceptors (Lipinski definition) is 3. The summed E-state index contributed by atoms with van der Waals surface area (Å²) in [7, 11) is -4.05. The van der Waals surface area contributed by atoms with Crippen molar-refractivity contribution in [2.45, 2.75) is 11.1 Å². The minimum atomic E-state index is -4.65. The van der Waals surface area contributed by atoms with Crippen LogP contribution in [0.25, 0.3) is 0 Å². The molecule has 0 bridgehead atoms. The topological polar surface area (TPSA) is 66.4 Å². The molecule has 0 saturated heterocycles. The van der Waals surface area contributed by atoms with E-state index in [4.69, 9.17) is 5.11 Å². The number of sulfonamides is 1. The maximum atomic E-state index is 12.6. The molecule has 102 valence electrons. The average molecular weight is 348 g/mol. The number of nitrogens with one attached hydrogen (secondary N) is 1. The molecule has 9 heteroatoms. The predicted octanol–water partition coefficient (Wildman–Crippen LogP) is 1.74. The minimum absolute atomic E-state index is 0.240. The first-order valence-electron chi connectivity index (χ1n) is 4.66. The van der Waals surface area contributed by atoms with Crippen molar-refractivity contribution in [1.82, 2.24) is 4.72 Å². The summed E-state index contributed by atoms with van der Waals surface area (Å²) in [5.74, 6) is 0. The Labute approximate surface area is 110 Å². The van der Waals surface area contributed by atoms with Crippen molar-refractivity contribution in [3.8, 4) is 0 Å². The summed E-state index contributed by atoms with van der Waals surface area (Å²) >= 11 is 2.71. The highest BCUT2D eigenvalue weighted by molar-refractivity contribution is 9.10. The smallest absolute Gasteiger partial charge is 0.395 e. The largest absolute Gasteiger partial charge is 0.417 e. The van der Waals surface area contributed by atoms with Gasteiger partial charge in [0, 0.05) is 11.0 Å². The number of halogens is 4. The van der Waals surface area contributed by atoms with Gasteiger partial charge in [-0.3, -0.25) is 0 Å². The molecule has 0 atom stereocenters. The van der Waals surface area contributed by atoms with Gasteiger partial charge >= 0.3 is 6.18 Å². The third-order valence-electron chi connectivity index (χ3n) is 1.96. The van der Waals surface area contributed by atoms with E-state index in [1.54, 1.807) is 0 Å². The van der Waals surface area contributed by atoms with Crippen LogP contribution in [0.5, 0.6) is 0 Å². The van der Waals surface area contributed by atoms with E-state index < -0.39 is 33.3 Å². The molecular weight excluding hydrogens is 339 g/mol. The first-order valence-corrected chi connectivity index (χ1v) is 6.93. The summed E-state index contributed by atoms with van der Waals surface area (Å²) in [5.41, 5.74) is -1.07. The number of aliphatic hydroxyl groups excluding tert-OH is 1. The van der Waals surface area contributed by atoms with Gasteiger partial charge in [0.25, 0.3) is 0 Å². The van der Waals surface area contributed by atoms with Crippen molar-refractivity contribution >= 4 is 26.0 Å².